The molecule has 0 aliphatic carbocycles. The minimum atomic E-state index is -0.610. The minimum absolute atomic E-state index is 0.0964. The number of amides is 4. The summed E-state index contributed by atoms with van der Waals surface area (Å²) < 4.78 is 0. The first-order chi connectivity index (χ1) is 17.5. The molecule has 0 atom stereocenters. The molecule has 36 heavy (non-hydrogen) atoms. The maximum Gasteiger partial charge on any atom is 0.258 e. The number of benzene rings is 1. The molecule has 0 spiro atoms. The zero-order valence-corrected chi connectivity index (χ0v) is 22.7. The average Bonchev–Trinajstić information content (AvgIpc) is 2.87. The summed E-state index contributed by atoms with van der Waals surface area (Å²) in [4.78, 5) is 49.7. The largest absolute Gasteiger partial charge is 0.292 e. The molecule has 1 aromatic rings. The van der Waals surface area contributed by atoms with Crippen LogP contribution in [0.5, 0.6) is 0 Å². The highest BCUT2D eigenvalue weighted by atomic mass is 16.2. The van der Waals surface area contributed by atoms with E-state index in [0.717, 1.165) is 38.5 Å². The third-order valence-corrected chi connectivity index (χ3v) is 6.44. The van der Waals surface area contributed by atoms with Gasteiger partial charge in [-0.2, -0.15) is 0 Å². The van der Waals surface area contributed by atoms with Crippen LogP contribution in [0.25, 0.3) is 0 Å². The maximum absolute atomic E-state index is 12.6. The Balaban J connectivity index is 2.37. The lowest BCUT2D eigenvalue weighted by Gasteiger charge is -2.10. The molecule has 0 bridgehead atoms. The van der Waals surface area contributed by atoms with Crippen molar-refractivity contribution in [2.75, 3.05) is 0 Å². The van der Waals surface area contributed by atoms with E-state index in [1.54, 1.807) is 12.1 Å². The molecule has 0 saturated carbocycles. The Morgan fingerprint density at radius 3 is 1.14 bits per heavy atom. The van der Waals surface area contributed by atoms with Gasteiger partial charge >= 0.3 is 0 Å². The molecule has 0 aliphatic rings. The van der Waals surface area contributed by atoms with Gasteiger partial charge in [0.2, 0.25) is 11.8 Å². The average molecular weight is 501 g/mol. The predicted molar refractivity (Wildman–Crippen MR) is 146 cm³/mol. The fraction of sp³-hybridized carbons (Fsp3) is 0.667. The van der Waals surface area contributed by atoms with Crippen molar-refractivity contribution < 1.29 is 19.2 Å². The Bertz CT molecular complexity index is 726. The van der Waals surface area contributed by atoms with Gasteiger partial charge in [0.15, 0.2) is 0 Å². The van der Waals surface area contributed by atoms with Gasteiger partial charge in [-0.25, -0.2) is 0 Å². The molecule has 2 N–H and O–H groups in total. The molecule has 0 heterocycles. The molecule has 1 rings (SSSR count). The summed E-state index contributed by atoms with van der Waals surface area (Å²) in [6, 6.07) is 6.27. The quantitative estimate of drug-likeness (QED) is 0.184. The van der Waals surface area contributed by atoms with Crippen molar-refractivity contribution in [3.63, 3.8) is 0 Å². The summed E-state index contributed by atoms with van der Waals surface area (Å²) in [6.07, 6.45) is 18.6. The molecule has 0 radical (unpaired) electrons. The number of imide groups is 2. The van der Waals surface area contributed by atoms with Gasteiger partial charge in [0.1, 0.15) is 0 Å². The van der Waals surface area contributed by atoms with Crippen LogP contribution in [0.4, 0.5) is 0 Å². The highest BCUT2D eigenvalue weighted by molar-refractivity contribution is 6.14. The summed E-state index contributed by atoms with van der Waals surface area (Å²) in [7, 11) is 0. The van der Waals surface area contributed by atoms with Gasteiger partial charge in [0.05, 0.1) is 11.1 Å². The number of hydrogen-bond acceptors (Lipinski definition) is 4. The predicted octanol–water partition coefficient (Wildman–Crippen LogP) is 7.26. The molecular formula is C30H48N2O4. The molecular weight excluding hydrogens is 452 g/mol. The van der Waals surface area contributed by atoms with E-state index < -0.39 is 11.8 Å². The van der Waals surface area contributed by atoms with E-state index in [2.05, 4.69) is 24.5 Å². The number of hydrogen-bond donors (Lipinski definition) is 2. The monoisotopic (exact) mass is 500 g/mol. The molecule has 0 aromatic heterocycles. The van der Waals surface area contributed by atoms with Crippen molar-refractivity contribution in [3.8, 4) is 0 Å². The van der Waals surface area contributed by atoms with Crippen LogP contribution in [-0.2, 0) is 9.59 Å². The van der Waals surface area contributed by atoms with Crippen molar-refractivity contribution in [1.82, 2.24) is 10.6 Å². The van der Waals surface area contributed by atoms with E-state index in [1.165, 1.54) is 76.3 Å². The van der Waals surface area contributed by atoms with Gasteiger partial charge in [-0.15, -0.1) is 0 Å². The SMILES string of the molecule is CCCCCCCCCCC(=O)NC(=O)c1ccccc1C(=O)NC(=O)CCCCCCCCCC. The van der Waals surface area contributed by atoms with Gasteiger partial charge in [-0.1, -0.05) is 116 Å². The zero-order valence-electron chi connectivity index (χ0n) is 22.7. The molecule has 202 valence electrons. The van der Waals surface area contributed by atoms with Gasteiger partial charge in [0.25, 0.3) is 11.8 Å². The first kappa shape index (κ1) is 31.5. The molecule has 0 unspecified atom stereocenters. The van der Waals surface area contributed by atoms with Gasteiger partial charge in [-0.05, 0) is 25.0 Å². The Morgan fingerprint density at radius 1 is 0.500 bits per heavy atom. The standard InChI is InChI=1S/C30H48N2O4/c1-3-5-7-9-11-13-15-17-23-27(33)31-29(35)25-21-19-20-22-26(25)30(36)32-28(34)24-18-16-14-12-10-8-6-4-2/h19-22H,3-18,23-24H2,1-2H3,(H,31,33,35)(H,32,34,36). The number of unbranched alkanes of at least 4 members (excludes halogenated alkanes) is 14. The van der Waals surface area contributed by atoms with Crippen LogP contribution in [0, 0.1) is 0 Å². The number of carbonyl (C=O) groups excluding carboxylic acids is 4. The van der Waals surface area contributed by atoms with Crippen molar-refractivity contribution in [1.29, 1.82) is 0 Å². The number of rotatable bonds is 20. The molecule has 1 aromatic carbocycles. The molecule has 4 amide bonds. The maximum atomic E-state index is 12.6. The molecule has 0 fully saturated rings. The van der Waals surface area contributed by atoms with E-state index in [1.807, 2.05) is 0 Å². The second-order valence-electron chi connectivity index (χ2n) is 9.75. The van der Waals surface area contributed by atoms with Crippen molar-refractivity contribution in [2.45, 2.75) is 129 Å². The Hall–Kier alpha value is -2.50. The van der Waals surface area contributed by atoms with Crippen LogP contribution < -0.4 is 10.6 Å². The normalized spacial score (nSPS) is 10.7. The van der Waals surface area contributed by atoms with Gasteiger partial charge in [0, 0.05) is 12.8 Å². The Morgan fingerprint density at radius 2 is 0.806 bits per heavy atom. The summed E-state index contributed by atoms with van der Waals surface area (Å²) in [6.45, 7) is 4.39. The van der Waals surface area contributed by atoms with E-state index in [9.17, 15) is 19.2 Å². The molecule has 0 saturated heterocycles. The van der Waals surface area contributed by atoms with Crippen LogP contribution >= 0.6 is 0 Å². The number of nitrogens with one attached hydrogen (secondary N) is 2. The summed E-state index contributed by atoms with van der Waals surface area (Å²) in [5.41, 5.74) is 0.193. The Kier molecular flexibility index (Phi) is 18.1. The fourth-order valence-electron chi connectivity index (χ4n) is 4.23. The first-order valence-electron chi connectivity index (χ1n) is 14.3. The highest BCUT2D eigenvalue weighted by Gasteiger charge is 2.19. The van der Waals surface area contributed by atoms with Crippen LogP contribution in [0.15, 0.2) is 24.3 Å². The van der Waals surface area contributed by atoms with Crippen molar-refractivity contribution >= 4 is 23.6 Å². The van der Waals surface area contributed by atoms with Crippen LogP contribution in [-0.4, -0.2) is 23.6 Å². The second kappa shape index (κ2) is 20.7. The molecule has 6 nitrogen and oxygen atoms in total. The lowest BCUT2D eigenvalue weighted by molar-refractivity contribution is -0.121. The highest BCUT2D eigenvalue weighted by Crippen LogP contribution is 2.12. The van der Waals surface area contributed by atoms with Crippen LogP contribution in [0.1, 0.15) is 150 Å². The van der Waals surface area contributed by atoms with E-state index in [-0.39, 0.29) is 35.8 Å². The van der Waals surface area contributed by atoms with Gasteiger partial charge < -0.3 is 0 Å². The van der Waals surface area contributed by atoms with Crippen LogP contribution in [0.3, 0.4) is 0 Å². The smallest absolute Gasteiger partial charge is 0.258 e. The van der Waals surface area contributed by atoms with Gasteiger partial charge in [-0.3, -0.25) is 29.8 Å². The van der Waals surface area contributed by atoms with Crippen LogP contribution in [0.2, 0.25) is 0 Å². The fourth-order valence-corrected chi connectivity index (χ4v) is 4.23. The summed E-state index contributed by atoms with van der Waals surface area (Å²) in [5.74, 6) is -1.90. The van der Waals surface area contributed by atoms with Crippen molar-refractivity contribution in [2.24, 2.45) is 0 Å². The minimum Gasteiger partial charge on any atom is -0.292 e. The lowest BCUT2D eigenvalue weighted by Crippen LogP contribution is -2.35. The molecule has 6 heteroatoms. The third kappa shape index (κ3) is 14.8. The topological polar surface area (TPSA) is 92.3 Å². The first-order valence-corrected chi connectivity index (χ1v) is 14.3. The Labute approximate surface area is 218 Å². The van der Waals surface area contributed by atoms with Crippen molar-refractivity contribution in [3.05, 3.63) is 35.4 Å². The second-order valence-corrected chi connectivity index (χ2v) is 9.75. The van der Waals surface area contributed by atoms with E-state index >= 15 is 0 Å². The summed E-state index contributed by atoms with van der Waals surface area (Å²) >= 11 is 0. The van der Waals surface area contributed by atoms with E-state index in [0.29, 0.717) is 0 Å². The zero-order chi connectivity index (χ0) is 26.4. The lowest BCUT2D eigenvalue weighted by atomic mass is 10.0. The summed E-state index contributed by atoms with van der Waals surface area (Å²) in [5, 5.41) is 4.77. The number of carbonyl (C=O) groups is 4. The third-order valence-electron chi connectivity index (χ3n) is 6.44. The van der Waals surface area contributed by atoms with E-state index in [4.69, 9.17) is 0 Å². The molecule has 0 aliphatic heterocycles.